The Morgan fingerprint density at radius 1 is 0.889 bits per heavy atom. The van der Waals surface area contributed by atoms with E-state index >= 15 is 0 Å². The Morgan fingerprint density at radius 2 is 1.60 bits per heavy atom. The van der Waals surface area contributed by atoms with E-state index < -0.39 is 0 Å². The number of benzene rings is 1. The number of nitrogens with one attached hydrogen (secondary N) is 1. The summed E-state index contributed by atoms with van der Waals surface area (Å²) >= 11 is 0. The van der Waals surface area contributed by atoms with Crippen LogP contribution in [0.4, 0.5) is 0 Å². The number of allylic oxidation sites excluding steroid dienone is 1. The van der Waals surface area contributed by atoms with Crippen LogP contribution in [0.15, 0.2) is 36.9 Å². The minimum absolute atomic E-state index is 0.0234. The molecule has 45 heavy (non-hydrogen) atoms. The summed E-state index contributed by atoms with van der Waals surface area (Å²) in [6.45, 7) is 16.8. The molecule has 1 aromatic rings. The molecule has 0 bridgehead atoms. The van der Waals surface area contributed by atoms with Crippen molar-refractivity contribution in [2.45, 2.75) is 137 Å². The quantitative estimate of drug-likeness (QED) is 0.208. The first-order valence-corrected chi connectivity index (χ1v) is 18.4. The lowest BCUT2D eigenvalue weighted by Crippen LogP contribution is -2.63. The lowest BCUT2D eigenvalue weighted by atomic mass is 9.36. The van der Waals surface area contributed by atoms with Crippen molar-refractivity contribution in [3.05, 3.63) is 48.0 Å². The third kappa shape index (κ3) is 5.89. The van der Waals surface area contributed by atoms with Gasteiger partial charge < -0.3 is 14.8 Å². The number of aryl methyl sites for hydroxylation is 1. The van der Waals surface area contributed by atoms with Gasteiger partial charge in [0.05, 0.1) is 0 Å². The minimum atomic E-state index is -0.125. The maximum Gasteiger partial charge on any atom is 0.302 e. The van der Waals surface area contributed by atoms with Gasteiger partial charge in [-0.2, -0.15) is 0 Å². The zero-order valence-electron chi connectivity index (χ0n) is 29.6. The van der Waals surface area contributed by atoms with Crippen molar-refractivity contribution in [1.29, 1.82) is 0 Å². The molecular formula is C41H63NO3. The molecule has 0 aliphatic heterocycles. The molecule has 10 unspecified atom stereocenters. The Bertz CT molecular complexity index is 1220. The van der Waals surface area contributed by atoms with E-state index in [2.05, 4.69) is 63.9 Å². The molecule has 7 rings (SSSR count). The molecule has 6 aliphatic carbocycles. The fraction of sp³-hybridized carbons (Fsp3) is 0.756. The number of esters is 1. The van der Waals surface area contributed by atoms with E-state index in [0.717, 1.165) is 37.0 Å². The van der Waals surface area contributed by atoms with Gasteiger partial charge in [-0.25, -0.2) is 0 Å². The maximum atomic E-state index is 12.2. The summed E-state index contributed by atoms with van der Waals surface area (Å²) in [7, 11) is 2.03. The summed E-state index contributed by atoms with van der Waals surface area (Å²) in [6, 6.07) is 9.30. The lowest BCUT2D eigenvalue weighted by Gasteiger charge is -2.69. The van der Waals surface area contributed by atoms with Gasteiger partial charge in [-0.05, 0) is 143 Å². The first-order valence-electron chi connectivity index (χ1n) is 18.4. The van der Waals surface area contributed by atoms with Crippen LogP contribution in [0, 0.1) is 51.2 Å². The van der Waals surface area contributed by atoms with Gasteiger partial charge in [0.1, 0.15) is 12.4 Å². The average molecular weight is 618 g/mol. The molecule has 250 valence electrons. The van der Waals surface area contributed by atoms with Crippen LogP contribution >= 0.6 is 0 Å². The number of hydrogen-bond acceptors (Lipinski definition) is 4. The van der Waals surface area contributed by atoms with Crippen molar-refractivity contribution in [3.63, 3.8) is 0 Å². The molecule has 5 saturated carbocycles. The van der Waals surface area contributed by atoms with Crippen LogP contribution in [0.2, 0.25) is 0 Å². The van der Waals surface area contributed by atoms with Crippen LogP contribution < -0.4 is 5.32 Å². The second-order valence-corrected chi connectivity index (χ2v) is 16.8. The molecule has 4 nitrogen and oxygen atoms in total. The highest BCUT2D eigenvalue weighted by Crippen LogP contribution is 2.72. The average Bonchev–Trinajstić information content (AvgIpc) is 3.64. The fourth-order valence-electron chi connectivity index (χ4n) is 12.7. The van der Waals surface area contributed by atoms with Crippen LogP contribution in [-0.2, 0) is 20.7 Å². The summed E-state index contributed by atoms with van der Waals surface area (Å²) in [5.74, 6) is 3.49. The van der Waals surface area contributed by atoms with Crippen molar-refractivity contribution < 1.29 is 14.3 Å². The van der Waals surface area contributed by atoms with E-state index in [1.165, 1.54) is 81.6 Å². The van der Waals surface area contributed by atoms with E-state index in [9.17, 15) is 9.59 Å². The molecule has 0 aromatic heterocycles. The Labute approximate surface area is 274 Å². The summed E-state index contributed by atoms with van der Waals surface area (Å²) in [5, 5.41) is 3.32. The van der Waals surface area contributed by atoms with Crippen molar-refractivity contribution in [1.82, 2.24) is 5.32 Å². The van der Waals surface area contributed by atoms with E-state index in [1.54, 1.807) is 13.0 Å². The lowest BCUT2D eigenvalue weighted by molar-refractivity contribution is -0.220. The number of fused-ring (bicyclic) bond motifs is 8. The number of hydrogen-bond donors (Lipinski definition) is 1. The van der Waals surface area contributed by atoms with Gasteiger partial charge in [-0.1, -0.05) is 64.5 Å². The molecule has 4 heteroatoms. The van der Waals surface area contributed by atoms with E-state index in [1.807, 2.05) is 14.0 Å². The van der Waals surface area contributed by atoms with Crippen molar-refractivity contribution in [2.24, 2.45) is 51.2 Å². The van der Waals surface area contributed by atoms with E-state index in [4.69, 9.17) is 4.74 Å². The largest absolute Gasteiger partial charge is 0.462 e. The number of aldehydes is 1. The zero-order chi connectivity index (χ0) is 32.6. The van der Waals surface area contributed by atoms with Crippen molar-refractivity contribution in [3.8, 4) is 0 Å². The van der Waals surface area contributed by atoms with Crippen molar-refractivity contribution >= 4 is 12.3 Å². The molecule has 0 amide bonds. The second-order valence-electron chi connectivity index (χ2n) is 16.8. The first-order chi connectivity index (χ1) is 21.4. The highest BCUT2D eigenvalue weighted by atomic mass is 16.5. The third-order valence-corrected chi connectivity index (χ3v) is 14.5. The van der Waals surface area contributed by atoms with Crippen LogP contribution in [0.1, 0.15) is 136 Å². The molecule has 0 saturated heterocycles. The van der Waals surface area contributed by atoms with Gasteiger partial charge in [0, 0.05) is 23.8 Å². The highest BCUT2D eigenvalue weighted by Gasteiger charge is 2.66. The highest BCUT2D eigenvalue weighted by molar-refractivity contribution is 5.66. The number of carbonyl (C=O) groups is 2. The van der Waals surface area contributed by atoms with E-state index in [0.29, 0.717) is 28.7 Å². The predicted molar refractivity (Wildman–Crippen MR) is 185 cm³/mol. The Morgan fingerprint density at radius 3 is 2.29 bits per heavy atom. The van der Waals surface area contributed by atoms with Crippen LogP contribution in [-0.4, -0.2) is 25.4 Å². The molecule has 0 spiro atoms. The van der Waals surface area contributed by atoms with Gasteiger partial charge in [0.2, 0.25) is 0 Å². The second kappa shape index (κ2) is 13.3. The van der Waals surface area contributed by atoms with Crippen LogP contribution in [0.5, 0.6) is 0 Å². The number of rotatable bonds is 3. The van der Waals surface area contributed by atoms with Crippen LogP contribution in [0.25, 0.3) is 0 Å². The SMILES string of the molecule is C=CC.CC(=O)OC1CCC2(C)C(CCC3(C)C4CCC5(C=O)CCCC5C4CCC32)C1(C)C.CNC1CCc2ccccc21. The third-order valence-electron chi connectivity index (χ3n) is 14.5. The first kappa shape index (κ1) is 34.4. The van der Waals surface area contributed by atoms with E-state index in [-0.39, 0.29) is 22.9 Å². The normalized spacial score (nSPS) is 42.0. The molecule has 5 fully saturated rings. The van der Waals surface area contributed by atoms with Gasteiger partial charge in [0.15, 0.2) is 0 Å². The standard InChI is InChI=1S/C28H44O3.C10H13N.C3H6/c1-18(30)31-24-12-15-27(5)22(25(24,2)3)11-14-26(4)20-10-16-28(17-29)13-6-7-21(28)19(20)8-9-23(26)27;1-11-10-7-6-8-4-2-3-5-9(8)10;1-3-2/h17,19-24H,6-16H2,1-5H3;2-5,10-11H,6-7H2,1H3;3H,1H2,2H3. The van der Waals surface area contributed by atoms with Gasteiger partial charge in [-0.3, -0.25) is 4.79 Å². The smallest absolute Gasteiger partial charge is 0.302 e. The van der Waals surface area contributed by atoms with Gasteiger partial charge in [-0.15, -0.1) is 6.58 Å². The van der Waals surface area contributed by atoms with Gasteiger partial charge in [0.25, 0.3) is 0 Å². The summed E-state index contributed by atoms with van der Waals surface area (Å²) in [6.07, 6.45) is 19.3. The van der Waals surface area contributed by atoms with Crippen LogP contribution in [0.3, 0.4) is 0 Å². The molecule has 1 aromatic carbocycles. The monoisotopic (exact) mass is 617 g/mol. The Balaban J connectivity index is 0.000000237. The molecule has 0 heterocycles. The van der Waals surface area contributed by atoms with Crippen molar-refractivity contribution in [2.75, 3.05) is 7.05 Å². The summed E-state index contributed by atoms with van der Waals surface area (Å²) < 4.78 is 5.85. The number of ether oxygens (including phenoxy) is 1. The molecular weight excluding hydrogens is 554 g/mol. The molecule has 0 radical (unpaired) electrons. The molecule has 1 N–H and O–H groups in total. The zero-order valence-corrected chi connectivity index (χ0v) is 29.6. The number of carbonyl (C=O) groups excluding carboxylic acids is 2. The topological polar surface area (TPSA) is 55.4 Å². The van der Waals surface area contributed by atoms with Gasteiger partial charge >= 0.3 is 5.97 Å². The summed E-state index contributed by atoms with van der Waals surface area (Å²) in [5.41, 5.74) is 3.84. The Kier molecular flexibility index (Phi) is 10.2. The predicted octanol–water partition coefficient (Wildman–Crippen LogP) is 9.67. The Hall–Kier alpha value is -1.94. The molecule has 10 atom stereocenters. The summed E-state index contributed by atoms with van der Waals surface area (Å²) in [4.78, 5) is 24.0. The maximum absolute atomic E-state index is 12.2. The fourth-order valence-corrected chi connectivity index (χ4v) is 12.7. The minimum Gasteiger partial charge on any atom is -0.462 e. The molecule has 6 aliphatic rings.